The van der Waals surface area contributed by atoms with Crippen molar-refractivity contribution in [2.24, 2.45) is 0 Å². The molecule has 0 aromatic rings. The maximum absolute atomic E-state index is 12.0. The zero-order valence-electron chi connectivity index (χ0n) is 12.5. The van der Waals surface area contributed by atoms with Crippen molar-refractivity contribution < 1.29 is 9.53 Å². The third-order valence-corrected chi connectivity index (χ3v) is 3.16. The fourth-order valence-corrected chi connectivity index (χ4v) is 1.96. The first kappa shape index (κ1) is 17.9. The second-order valence-corrected chi connectivity index (χ2v) is 4.80. The third-order valence-electron chi connectivity index (χ3n) is 3.16. The average molecular weight is 268 g/mol. The smallest absolute Gasteiger partial charge is 0.222 e. The first-order chi connectivity index (χ1) is 9.26. The Kier molecular flexibility index (Phi) is 12.6. The summed E-state index contributed by atoms with van der Waals surface area (Å²) in [6.45, 7) is 3.85. The molecule has 4 nitrogen and oxygen atoms in total. The Morgan fingerprint density at radius 1 is 1.16 bits per heavy atom. The second-order valence-electron chi connectivity index (χ2n) is 4.80. The van der Waals surface area contributed by atoms with Crippen molar-refractivity contribution in [3.8, 4) is 6.07 Å². The van der Waals surface area contributed by atoms with E-state index in [1.807, 2.05) is 0 Å². The predicted molar refractivity (Wildman–Crippen MR) is 76.7 cm³/mol. The summed E-state index contributed by atoms with van der Waals surface area (Å²) in [7, 11) is 1.63. The summed E-state index contributed by atoms with van der Waals surface area (Å²) in [6.07, 6.45) is 8.10. The van der Waals surface area contributed by atoms with E-state index in [0.717, 1.165) is 12.8 Å². The molecule has 1 amide bonds. The fraction of sp³-hybridized carbons (Fsp3) is 0.867. The lowest BCUT2D eigenvalue weighted by Gasteiger charge is -2.21. The molecule has 0 saturated carbocycles. The van der Waals surface area contributed by atoms with Crippen molar-refractivity contribution in [2.75, 3.05) is 26.8 Å². The predicted octanol–water partition coefficient (Wildman–Crippen LogP) is 3.13. The minimum absolute atomic E-state index is 0.155. The number of ether oxygens (including phenoxy) is 1. The van der Waals surface area contributed by atoms with Gasteiger partial charge in [0, 0.05) is 26.6 Å². The molecule has 4 heteroatoms. The van der Waals surface area contributed by atoms with E-state index in [1.54, 1.807) is 12.0 Å². The molecule has 0 aromatic heterocycles. The molecule has 0 atom stereocenters. The number of hydrogen-bond acceptors (Lipinski definition) is 3. The highest BCUT2D eigenvalue weighted by Crippen LogP contribution is 2.08. The molecule has 0 bridgehead atoms. The van der Waals surface area contributed by atoms with Crippen molar-refractivity contribution in [1.29, 1.82) is 5.26 Å². The van der Waals surface area contributed by atoms with Gasteiger partial charge in [-0.05, 0) is 6.42 Å². The van der Waals surface area contributed by atoms with E-state index in [1.165, 1.54) is 25.7 Å². The van der Waals surface area contributed by atoms with E-state index in [2.05, 4.69) is 13.0 Å². The van der Waals surface area contributed by atoms with Gasteiger partial charge in [-0.3, -0.25) is 4.79 Å². The van der Waals surface area contributed by atoms with Crippen LogP contribution in [0.2, 0.25) is 0 Å². The molecule has 0 unspecified atom stereocenters. The Bertz CT molecular complexity index is 261. The topological polar surface area (TPSA) is 53.3 Å². The van der Waals surface area contributed by atoms with Gasteiger partial charge in [0.1, 0.15) is 0 Å². The first-order valence-corrected chi connectivity index (χ1v) is 7.39. The Labute approximate surface area is 117 Å². The van der Waals surface area contributed by atoms with E-state index < -0.39 is 0 Å². The lowest BCUT2D eigenvalue weighted by Crippen LogP contribution is -2.34. The van der Waals surface area contributed by atoms with Gasteiger partial charge < -0.3 is 9.64 Å². The number of hydrogen-bond donors (Lipinski definition) is 0. The Hall–Kier alpha value is -1.08. The van der Waals surface area contributed by atoms with Crippen LogP contribution in [0.5, 0.6) is 0 Å². The monoisotopic (exact) mass is 268 g/mol. The summed E-state index contributed by atoms with van der Waals surface area (Å²) in [5.74, 6) is 0.155. The second kappa shape index (κ2) is 13.4. The number of unbranched alkanes of at least 4 members (excludes halogenated alkanes) is 5. The Morgan fingerprint density at radius 2 is 1.84 bits per heavy atom. The summed E-state index contributed by atoms with van der Waals surface area (Å²) in [5, 5.41) is 8.60. The largest absolute Gasteiger partial charge is 0.383 e. The van der Waals surface area contributed by atoms with Gasteiger partial charge in [0.2, 0.25) is 5.91 Å². The zero-order valence-corrected chi connectivity index (χ0v) is 12.5. The van der Waals surface area contributed by atoms with Crippen LogP contribution in [0.15, 0.2) is 0 Å². The van der Waals surface area contributed by atoms with Gasteiger partial charge in [-0.15, -0.1) is 0 Å². The molecule has 0 aromatic carbocycles. The molecule has 110 valence electrons. The normalized spacial score (nSPS) is 10.2. The molecule has 0 spiro atoms. The highest BCUT2D eigenvalue weighted by molar-refractivity contribution is 5.76. The van der Waals surface area contributed by atoms with E-state index in [4.69, 9.17) is 10.00 Å². The maximum Gasteiger partial charge on any atom is 0.222 e. The SMILES string of the molecule is CCCCCCCCC(=O)N(CCC#N)CCOC. The Balaban J connectivity index is 3.79. The highest BCUT2D eigenvalue weighted by Gasteiger charge is 2.12. The number of carbonyl (C=O) groups excluding carboxylic acids is 1. The van der Waals surface area contributed by atoms with E-state index in [0.29, 0.717) is 32.5 Å². The molecule has 0 N–H and O–H groups in total. The summed E-state index contributed by atoms with van der Waals surface area (Å²) in [4.78, 5) is 13.8. The summed E-state index contributed by atoms with van der Waals surface area (Å²) in [6, 6.07) is 2.09. The van der Waals surface area contributed by atoms with Crippen LogP contribution >= 0.6 is 0 Å². The van der Waals surface area contributed by atoms with Crippen LogP contribution in [0.25, 0.3) is 0 Å². The van der Waals surface area contributed by atoms with Crippen molar-refractivity contribution in [3.63, 3.8) is 0 Å². The summed E-state index contributed by atoms with van der Waals surface area (Å²) in [5.41, 5.74) is 0. The van der Waals surface area contributed by atoms with Crippen molar-refractivity contribution in [2.45, 2.75) is 58.3 Å². The molecular formula is C15H28N2O2. The molecule has 0 fully saturated rings. The van der Waals surface area contributed by atoms with Crippen molar-refractivity contribution in [1.82, 2.24) is 4.90 Å². The van der Waals surface area contributed by atoms with Crippen LogP contribution in [0, 0.1) is 11.3 Å². The van der Waals surface area contributed by atoms with Crippen molar-refractivity contribution >= 4 is 5.91 Å². The first-order valence-electron chi connectivity index (χ1n) is 7.39. The number of nitriles is 1. The van der Waals surface area contributed by atoms with Crippen LogP contribution in [-0.4, -0.2) is 37.6 Å². The number of methoxy groups -OCH3 is 1. The minimum Gasteiger partial charge on any atom is -0.383 e. The average Bonchev–Trinajstić information content (AvgIpc) is 2.42. The molecule has 0 aliphatic carbocycles. The van der Waals surface area contributed by atoms with E-state index in [9.17, 15) is 4.79 Å². The number of nitrogens with zero attached hydrogens (tertiary/aromatic N) is 2. The highest BCUT2D eigenvalue weighted by atomic mass is 16.5. The fourth-order valence-electron chi connectivity index (χ4n) is 1.96. The minimum atomic E-state index is 0.155. The molecule has 0 saturated heterocycles. The van der Waals surface area contributed by atoms with Gasteiger partial charge in [-0.1, -0.05) is 39.0 Å². The van der Waals surface area contributed by atoms with Gasteiger partial charge >= 0.3 is 0 Å². The quantitative estimate of drug-likeness (QED) is 0.511. The molecular weight excluding hydrogens is 240 g/mol. The lowest BCUT2D eigenvalue weighted by atomic mass is 10.1. The van der Waals surface area contributed by atoms with Gasteiger partial charge in [-0.2, -0.15) is 5.26 Å². The molecule has 0 aliphatic heterocycles. The van der Waals surface area contributed by atoms with Gasteiger partial charge in [-0.25, -0.2) is 0 Å². The number of rotatable bonds is 12. The van der Waals surface area contributed by atoms with E-state index in [-0.39, 0.29) is 5.91 Å². The van der Waals surface area contributed by atoms with Crippen LogP contribution in [0.1, 0.15) is 58.3 Å². The van der Waals surface area contributed by atoms with Gasteiger partial charge in [0.05, 0.1) is 19.1 Å². The molecule has 19 heavy (non-hydrogen) atoms. The van der Waals surface area contributed by atoms with Gasteiger partial charge in [0.15, 0.2) is 0 Å². The third kappa shape index (κ3) is 10.5. The summed E-state index contributed by atoms with van der Waals surface area (Å²) < 4.78 is 5.00. The van der Waals surface area contributed by atoms with E-state index >= 15 is 0 Å². The lowest BCUT2D eigenvalue weighted by molar-refractivity contribution is -0.131. The van der Waals surface area contributed by atoms with Crippen LogP contribution < -0.4 is 0 Å². The van der Waals surface area contributed by atoms with Crippen LogP contribution in [0.4, 0.5) is 0 Å². The molecule has 0 radical (unpaired) electrons. The van der Waals surface area contributed by atoms with Gasteiger partial charge in [0.25, 0.3) is 0 Å². The van der Waals surface area contributed by atoms with Crippen LogP contribution in [0.3, 0.4) is 0 Å². The maximum atomic E-state index is 12.0. The number of carbonyl (C=O) groups is 1. The standard InChI is InChI=1S/C15H28N2O2/c1-3-4-5-6-7-8-10-15(18)17(12-9-11-16)13-14-19-2/h3-10,12-14H2,1-2H3. The molecule has 0 heterocycles. The van der Waals surface area contributed by atoms with Crippen LogP contribution in [-0.2, 0) is 9.53 Å². The van der Waals surface area contributed by atoms with Crippen molar-refractivity contribution in [3.05, 3.63) is 0 Å². The zero-order chi connectivity index (χ0) is 14.3. The Morgan fingerprint density at radius 3 is 2.47 bits per heavy atom. The molecule has 0 aliphatic rings. The summed E-state index contributed by atoms with van der Waals surface area (Å²) >= 11 is 0. The number of amides is 1. The molecule has 0 rings (SSSR count).